The molecular formula is C13H24N4O2S. The second-order valence-corrected chi connectivity index (χ2v) is 7.19. The lowest BCUT2D eigenvalue weighted by Crippen LogP contribution is -2.33. The molecular weight excluding hydrogens is 276 g/mol. The molecule has 1 aliphatic heterocycles. The van der Waals surface area contributed by atoms with Crippen molar-refractivity contribution in [3.05, 3.63) is 12.4 Å². The zero-order chi connectivity index (χ0) is 14.4. The fourth-order valence-electron chi connectivity index (χ4n) is 2.46. The van der Waals surface area contributed by atoms with E-state index in [1.54, 1.807) is 15.2 Å². The smallest absolute Gasteiger partial charge is 0.246 e. The van der Waals surface area contributed by atoms with Gasteiger partial charge in [-0.05, 0) is 25.8 Å². The molecule has 0 spiro atoms. The van der Waals surface area contributed by atoms with Crippen molar-refractivity contribution in [1.29, 1.82) is 0 Å². The molecule has 0 saturated carbocycles. The molecule has 6 nitrogen and oxygen atoms in total. The Morgan fingerprint density at radius 3 is 2.45 bits per heavy atom. The first-order valence-electron chi connectivity index (χ1n) is 7.37. The lowest BCUT2D eigenvalue weighted by Gasteiger charge is -2.23. The van der Waals surface area contributed by atoms with Gasteiger partial charge in [0.2, 0.25) is 10.0 Å². The number of nitrogens with zero attached hydrogens (tertiary/aromatic N) is 3. The van der Waals surface area contributed by atoms with Crippen LogP contribution in [0.5, 0.6) is 0 Å². The molecule has 7 heteroatoms. The molecule has 0 atom stereocenters. The Balaban J connectivity index is 2.09. The van der Waals surface area contributed by atoms with Crippen LogP contribution >= 0.6 is 0 Å². The third kappa shape index (κ3) is 3.80. The van der Waals surface area contributed by atoms with Crippen molar-refractivity contribution in [3.63, 3.8) is 0 Å². The van der Waals surface area contributed by atoms with E-state index in [1.165, 1.54) is 12.6 Å². The predicted molar refractivity (Wildman–Crippen MR) is 77.7 cm³/mol. The van der Waals surface area contributed by atoms with Gasteiger partial charge in [0, 0.05) is 25.8 Å². The third-order valence-electron chi connectivity index (χ3n) is 3.65. The summed E-state index contributed by atoms with van der Waals surface area (Å²) in [6.07, 6.45) is 9.19. The molecule has 1 aromatic heterocycles. The van der Waals surface area contributed by atoms with Gasteiger partial charge in [0.25, 0.3) is 0 Å². The molecule has 0 bridgehead atoms. The summed E-state index contributed by atoms with van der Waals surface area (Å²) in [7, 11) is -3.39. The van der Waals surface area contributed by atoms with Gasteiger partial charge >= 0.3 is 0 Å². The molecule has 0 aliphatic carbocycles. The zero-order valence-electron chi connectivity index (χ0n) is 11.9. The van der Waals surface area contributed by atoms with Crippen LogP contribution in [0.2, 0.25) is 0 Å². The quantitative estimate of drug-likeness (QED) is 0.885. The standard InChI is InChI=1S/C13H24N4O2S/c14-7-6-8-16-12-13(11-15-16)20(18,19)17-9-4-2-1-3-5-10-17/h11-12H,1-10,14H2. The van der Waals surface area contributed by atoms with E-state index in [0.29, 0.717) is 31.1 Å². The highest BCUT2D eigenvalue weighted by molar-refractivity contribution is 7.89. The minimum absolute atomic E-state index is 0.301. The van der Waals surface area contributed by atoms with E-state index in [0.717, 1.165) is 32.1 Å². The number of nitrogens with two attached hydrogens (primary N) is 1. The molecule has 1 saturated heterocycles. The molecule has 2 rings (SSSR count). The molecule has 0 aromatic carbocycles. The molecule has 0 unspecified atom stereocenters. The summed E-state index contributed by atoms with van der Waals surface area (Å²) in [6, 6.07) is 0. The first kappa shape index (κ1) is 15.5. The van der Waals surface area contributed by atoms with Crippen LogP contribution in [0.15, 0.2) is 17.3 Å². The van der Waals surface area contributed by atoms with Crippen molar-refractivity contribution in [1.82, 2.24) is 14.1 Å². The Morgan fingerprint density at radius 1 is 1.15 bits per heavy atom. The van der Waals surface area contributed by atoms with Crippen LogP contribution in [0, 0.1) is 0 Å². The molecule has 0 radical (unpaired) electrons. The zero-order valence-corrected chi connectivity index (χ0v) is 12.7. The number of hydrogen-bond acceptors (Lipinski definition) is 4. The van der Waals surface area contributed by atoms with E-state index in [-0.39, 0.29) is 0 Å². The molecule has 1 aliphatic rings. The fraction of sp³-hybridized carbons (Fsp3) is 0.769. The average Bonchev–Trinajstić information content (AvgIpc) is 2.84. The van der Waals surface area contributed by atoms with Crippen molar-refractivity contribution in [2.24, 2.45) is 5.73 Å². The molecule has 1 aromatic rings. The molecule has 0 amide bonds. The first-order valence-corrected chi connectivity index (χ1v) is 8.81. The van der Waals surface area contributed by atoms with Crippen molar-refractivity contribution >= 4 is 10.0 Å². The lowest BCUT2D eigenvalue weighted by atomic mass is 10.1. The van der Waals surface area contributed by atoms with E-state index in [4.69, 9.17) is 5.73 Å². The van der Waals surface area contributed by atoms with Crippen LogP contribution < -0.4 is 5.73 Å². The highest BCUT2D eigenvalue weighted by Gasteiger charge is 2.25. The van der Waals surface area contributed by atoms with E-state index < -0.39 is 10.0 Å². The van der Waals surface area contributed by atoms with Crippen LogP contribution in [-0.4, -0.2) is 42.1 Å². The van der Waals surface area contributed by atoms with Gasteiger partial charge in [0.1, 0.15) is 4.90 Å². The molecule has 2 N–H and O–H groups in total. The predicted octanol–water partition coefficient (Wildman–Crippen LogP) is 1.19. The Morgan fingerprint density at radius 2 is 1.80 bits per heavy atom. The van der Waals surface area contributed by atoms with Gasteiger partial charge in [-0.25, -0.2) is 8.42 Å². The minimum Gasteiger partial charge on any atom is -0.330 e. The maximum atomic E-state index is 12.6. The number of aryl methyl sites for hydroxylation is 1. The SMILES string of the molecule is NCCCn1cc(S(=O)(=O)N2CCCCCCC2)cn1. The van der Waals surface area contributed by atoms with E-state index in [2.05, 4.69) is 5.10 Å². The highest BCUT2D eigenvalue weighted by atomic mass is 32.2. The van der Waals surface area contributed by atoms with Gasteiger partial charge < -0.3 is 5.73 Å². The molecule has 1 fully saturated rings. The Labute approximate surface area is 121 Å². The lowest BCUT2D eigenvalue weighted by molar-refractivity contribution is 0.364. The summed E-state index contributed by atoms with van der Waals surface area (Å²) in [5.74, 6) is 0. The van der Waals surface area contributed by atoms with E-state index >= 15 is 0 Å². The normalized spacial score (nSPS) is 18.6. The van der Waals surface area contributed by atoms with Crippen molar-refractivity contribution in [3.8, 4) is 0 Å². The van der Waals surface area contributed by atoms with E-state index in [1.807, 2.05) is 0 Å². The number of hydrogen-bond donors (Lipinski definition) is 1. The van der Waals surface area contributed by atoms with Crippen molar-refractivity contribution < 1.29 is 8.42 Å². The van der Waals surface area contributed by atoms with Gasteiger partial charge in [-0.1, -0.05) is 19.3 Å². The average molecular weight is 300 g/mol. The Bertz CT molecular complexity index is 504. The maximum Gasteiger partial charge on any atom is 0.246 e. The third-order valence-corrected chi connectivity index (χ3v) is 5.51. The van der Waals surface area contributed by atoms with Gasteiger partial charge in [-0.15, -0.1) is 0 Å². The van der Waals surface area contributed by atoms with Crippen LogP contribution in [-0.2, 0) is 16.6 Å². The van der Waals surface area contributed by atoms with Crippen molar-refractivity contribution in [2.75, 3.05) is 19.6 Å². The highest BCUT2D eigenvalue weighted by Crippen LogP contribution is 2.19. The van der Waals surface area contributed by atoms with Crippen LogP contribution in [0.4, 0.5) is 0 Å². The maximum absolute atomic E-state index is 12.6. The van der Waals surface area contributed by atoms with Gasteiger partial charge in [-0.2, -0.15) is 9.40 Å². The van der Waals surface area contributed by atoms with Crippen LogP contribution in [0.3, 0.4) is 0 Å². The number of rotatable bonds is 5. The summed E-state index contributed by atoms with van der Waals surface area (Å²) >= 11 is 0. The monoisotopic (exact) mass is 300 g/mol. The first-order chi connectivity index (χ1) is 9.64. The topological polar surface area (TPSA) is 81.2 Å². The summed E-state index contributed by atoms with van der Waals surface area (Å²) in [5.41, 5.74) is 5.45. The van der Waals surface area contributed by atoms with Gasteiger partial charge in [0.05, 0.1) is 6.20 Å². The largest absolute Gasteiger partial charge is 0.330 e. The molecule has 20 heavy (non-hydrogen) atoms. The minimum atomic E-state index is -3.39. The summed E-state index contributed by atoms with van der Waals surface area (Å²) in [4.78, 5) is 0.301. The summed E-state index contributed by atoms with van der Waals surface area (Å²) in [5, 5.41) is 4.11. The van der Waals surface area contributed by atoms with Crippen molar-refractivity contribution in [2.45, 2.75) is 50.0 Å². The van der Waals surface area contributed by atoms with Gasteiger partial charge in [-0.3, -0.25) is 4.68 Å². The number of sulfonamides is 1. The van der Waals surface area contributed by atoms with Crippen LogP contribution in [0.25, 0.3) is 0 Å². The summed E-state index contributed by atoms with van der Waals surface area (Å²) < 4.78 is 28.4. The second-order valence-electron chi connectivity index (χ2n) is 5.25. The summed E-state index contributed by atoms with van der Waals surface area (Å²) in [6.45, 7) is 2.48. The number of aromatic nitrogens is 2. The second kappa shape index (κ2) is 7.19. The van der Waals surface area contributed by atoms with E-state index in [9.17, 15) is 8.42 Å². The van der Waals surface area contributed by atoms with Gasteiger partial charge in [0.15, 0.2) is 0 Å². The Hall–Kier alpha value is -0.920. The fourth-order valence-corrected chi connectivity index (χ4v) is 3.93. The molecule has 2 heterocycles. The molecule has 114 valence electrons. The van der Waals surface area contributed by atoms with Crippen LogP contribution in [0.1, 0.15) is 38.5 Å². The Kier molecular flexibility index (Phi) is 5.56.